The van der Waals surface area contributed by atoms with Crippen LogP contribution in [0.3, 0.4) is 0 Å². The summed E-state index contributed by atoms with van der Waals surface area (Å²) in [5.41, 5.74) is 3.26. The normalized spacial score (nSPS) is 12.6. The second kappa shape index (κ2) is 9.01. The van der Waals surface area contributed by atoms with E-state index in [-0.39, 0.29) is 17.9 Å². The molecule has 2 aromatic heterocycles. The van der Waals surface area contributed by atoms with Gasteiger partial charge in [-0.3, -0.25) is 9.59 Å². The second-order valence-corrected chi connectivity index (χ2v) is 8.18. The average Bonchev–Trinajstić information content (AvgIpc) is 3.20. The van der Waals surface area contributed by atoms with Gasteiger partial charge in [-0.1, -0.05) is 18.2 Å². The van der Waals surface area contributed by atoms with Crippen molar-refractivity contribution < 1.29 is 14.3 Å². The van der Waals surface area contributed by atoms with Crippen molar-refractivity contribution in [2.24, 2.45) is 0 Å². The third-order valence-corrected chi connectivity index (χ3v) is 5.79. The summed E-state index contributed by atoms with van der Waals surface area (Å²) in [4.78, 5) is 25.5. The maximum Gasteiger partial charge on any atom is 0.295 e. The van der Waals surface area contributed by atoms with Gasteiger partial charge in [-0.05, 0) is 44.5 Å². The largest absolute Gasteiger partial charge is 0.486 e. The Balaban J connectivity index is 1.28. The highest BCUT2D eigenvalue weighted by molar-refractivity contribution is 5.91. The van der Waals surface area contributed by atoms with Crippen molar-refractivity contribution in [1.82, 2.24) is 19.6 Å². The molecule has 0 saturated heterocycles. The molecule has 34 heavy (non-hydrogen) atoms. The quantitative estimate of drug-likeness (QED) is 0.474. The molecule has 0 spiro atoms. The number of rotatable bonds is 6. The molecule has 0 unspecified atom stereocenters. The van der Waals surface area contributed by atoms with E-state index in [0.29, 0.717) is 48.9 Å². The van der Waals surface area contributed by atoms with E-state index in [0.717, 1.165) is 22.5 Å². The van der Waals surface area contributed by atoms with E-state index in [2.05, 4.69) is 15.5 Å². The molecule has 0 radical (unpaired) electrons. The molecule has 0 aliphatic carbocycles. The van der Waals surface area contributed by atoms with Crippen molar-refractivity contribution >= 4 is 22.5 Å². The molecule has 3 heterocycles. The van der Waals surface area contributed by atoms with Gasteiger partial charge in [0.1, 0.15) is 13.2 Å². The van der Waals surface area contributed by atoms with Crippen molar-refractivity contribution in [3.63, 3.8) is 0 Å². The van der Waals surface area contributed by atoms with Gasteiger partial charge in [-0.2, -0.15) is 10.2 Å². The summed E-state index contributed by atoms with van der Waals surface area (Å²) in [5.74, 6) is 1.14. The summed E-state index contributed by atoms with van der Waals surface area (Å²) in [6, 6.07) is 15.0. The molecule has 4 aromatic rings. The predicted molar refractivity (Wildman–Crippen MR) is 128 cm³/mol. The summed E-state index contributed by atoms with van der Waals surface area (Å²) in [5, 5.41) is 12.7. The maximum atomic E-state index is 13.1. The molecule has 174 valence electrons. The Morgan fingerprint density at radius 2 is 1.79 bits per heavy atom. The molecule has 1 aliphatic rings. The Bertz CT molecular complexity index is 1430. The van der Waals surface area contributed by atoms with Gasteiger partial charge in [-0.15, -0.1) is 0 Å². The highest BCUT2D eigenvalue weighted by Crippen LogP contribution is 2.32. The van der Waals surface area contributed by atoms with E-state index >= 15 is 0 Å². The van der Waals surface area contributed by atoms with E-state index in [1.807, 2.05) is 44.2 Å². The zero-order valence-electron chi connectivity index (χ0n) is 19.1. The molecule has 1 N–H and O–H groups in total. The van der Waals surface area contributed by atoms with Crippen LogP contribution >= 0.6 is 0 Å². The standard InChI is InChI=1S/C25H25N5O4/c1-16-23-17(2)30(19-7-4-3-5-8-19)28-24(23)25(32)29(27-16)12-6-9-22(31)26-18-10-11-20-21(15-18)34-14-13-33-20/h3-5,7-8,10-11,15H,6,9,12-14H2,1-2H3,(H,26,31). The number of hydrogen-bond donors (Lipinski definition) is 1. The summed E-state index contributed by atoms with van der Waals surface area (Å²) in [7, 11) is 0. The van der Waals surface area contributed by atoms with Crippen molar-refractivity contribution in [1.29, 1.82) is 0 Å². The fourth-order valence-corrected chi connectivity index (χ4v) is 4.19. The van der Waals surface area contributed by atoms with Crippen molar-refractivity contribution in [3.8, 4) is 17.2 Å². The molecule has 0 saturated carbocycles. The van der Waals surface area contributed by atoms with Gasteiger partial charge in [0.15, 0.2) is 17.0 Å². The Hall–Kier alpha value is -4.14. The monoisotopic (exact) mass is 459 g/mol. The first-order valence-corrected chi connectivity index (χ1v) is 11.2. The van der Waals surface area contributed by atoms with Crippen LogP contribution in [0.5, 0.6) is 11.5 Å². The number of nitrogens with one attached hydrogen (secondary N) is 1. The fourth-order valence-electron chi connectivity index (χ4n) is 4.19. The summed E-state index contributed by atoms with van der Waals surface area (Å²) in [6.45, 7) is 5.13. The zero-order chi connectivity index (χ0) is 23.7. The van der Waals surface area contributed by atoms with Crippen LogP contribution in [0.1, 0.15) is 24.2 Å². The summed E-state index contributed by atoms with van der Waals surface area (Å²) >= 11 is 0. The molecule has 1 amide bonds. The lowest BCUT2D eigenvalue weighted by molar-refractivity contribution is -0.116. The van der Waals surface area contributed by atoms with Gasteiger partial charge in [0.05, 0.1) is 22.5 Å². The lowest BCUT2D eigenvalue weighted by Gasteiger charge is -2.19. The number of nitrogens with zero attached hydrogens (tertiary/aromatic N) is 4. The number of amides is 1. The van der Waals surface area contributed by atoms with Crippen LogP contribution in [0.25, 0.3) is 16.6 Å². The van der Waals surface area contributed by atoms with Crippen LogP contribution in [0.4, 0.5) is 5.69 Å². The molecule has 1 aliphatic heterocycles. The number of para-hydroxylation sites is 1. The van der Waals surface area contributed by atoms with Gasteiger partial charge in [-0.25, -0.2) is 9.36 Å². The van der Waals surface area contributed by atoms with Crippen molar-refractivity contribution in [3.05, 3.63) is 70.3 Å². The molecule has 9 heteroatoms. The minimum absolute atomic E-state index is 0.147. The maximum absolute atomic E-state index is 13.1. The Morgan fingerprint density at radius 1 is 1.03 bits per heavy atom. The number of carbonyl (C=O) groups is 1. The number of aryl methyl sites for hydroxylation is 3. The Kier molecular flexibility index (Phi) is 5.75. The van der Waals surface area contributed by atoms with E-state index < -0.39 is 0 Å². The van der Waals surface area contributed by atoms with E-state index in [1.54, 1.807) is 22.9 Å². The average molecular weight is 460 g/mol. The number of anilines is 1. The third-order valence-electron chi connectivity index (χ3n) is 5.79. The van der Waals surface area contributed by atoms with Crippen molar-refractivity contribution in [2.75, 3.05) is 18.5 Å². The number of benzene rings is 2. The van der Waals surface area contributed by atoms with Crippen molar-refractivity contribution in [2.45, 2.75) is 33.2 Å². The molecular weight excluding hydrogens is 434 g/mol. The fraction of sp³-hybridized carbons (Fsp3) is 0.280. The van der Waals surface area contributed by atoms with Crippen LogP contribution in [0.15, 0.2) is 53.3 Å². The first-order chi connectivity index (χ1) is 16.5. The third kappa shape index (κ3) is 4.12. The highest BCUT2D eigenvalue weighted by atomic mass is 16.6. The second-order valence-electron chi connectivity index (χ2n) is 8.18. The van der Waals surface area contributed by atoms with Gasteiger partial charge in [0.2, 0.25) is 5.91 Å². The summed E-state index contributed by atoms with van der Waals surface area (Å²) < 4.78 is 14.2. The molecular formula is C25H25N5O4. The Labute approximate surface area is 195 Å². The van der Waals surface area contributed by atoms with Gasteiger partial charge < -0.3 is 14.8 Å². The topological polar surface area (TPSA) is 100 Å². The van der Waals surface area contributed by atoms with Crippen LogP contribution < -0.4 is 20.3 Å². The number of aromatic nitrogens is 4. The van der Waals surface area contributed by atoms with Gasteiger partial charge in [0.25, 0.3) is 5.56 Å². The lowest BCUT2D eigenvalue weighted by Crippen LogP contribution is -2.25. The van der Waals surface area contributed by atoms with Crippen LogP contribution in [-0.4, -0.2) is 38.7 Å². The van der Waals surface area contributed by atoms with Crippen LogP contribution in [-0.2, 0) is 11.3 Å². The van der Waals surface area contributed by atoms with Crippen LogP contribution in [0, 0.1) is 13.8 Å². The number of hydrogen-bond acceptors (Lipinski definition) is 6. The molecule has 0 bridgehead atoms. The van der Waals surface area contributed by atoms with E-state index in [9.17, 15) is 9.59 Å². The first kappa shape index (κ1) is 21.7. The molecule has 5 rings (SSSR count). The lowest BCUT2D eigenvalue weighted by atomic mass is 10.2. The van der Waals surface area contributed by atoms with Crippen LogP contribution in [0.2, 0.25) is 0 Å². The predicted octanol–water partition coefficient (Wildman–Crippen LogP) is 3.39. The Morgan fingerprint density at radius 3 is 2.59 bits per heavy atom. The molecule has 0 fully saturated rings. The number of ether oxygens (including phenoxy) is 2. The molecule has 9 nitrogen and oxygen atoms in total. The smallest absolute Gasteiger partial charge is 0.295 e. The minimum Gasteiger partial charge on any atom is -0.486 e. The minimum atomic E-state index is -0.259. The number of fused-ring (bicyclic) bond motifs is 2. The zero-order valence-corrected chi connectivity index (χ0v) is 19.1. The first-order valence-electron chi connectivity index (χ1n) is 11.2. The van der Waals surface area contributed by atoms with E-state index in [4.69, 9.17) is 9.47 Å². The molecule has 2 aromatic carbocycles. The summed E-state index contributed by atoms with van der Waals surface area (Å²) in [6.07, 6.45) is 0.712. The highest BCUT2D eigenvalue weighted by Gasteiger charge is 2.18. The van der Waals surface area contributed by atoms with Gasteiger partial charge >= 0.3 is 0 Å². The molecule has 0 atom stereocenters. The van der Waals surface area contributed by atoms with E-state index in [1.165, 1.54) is 4.68 Å². The number of carbonyl (C=O) groups excluding carboxylic acids is 1. The SMILES string of the molecule is Cc1nn(CCCC(=O)Nc2ccc3c(c2)OCCO3)c(=O)c2nn(-c3ccccc3)c(C)c12. The van der Waals surface area contributed by atoms with Gasteiger partial charge in [0, 0.05) is 24.7 Å².